The molecule has 0 amide bonds. The first-order valence-electron chi connectivity index (χ1n) is 11.4. The Labute approximate surface area is 207 Å². The molecule has 0 unspecified atom stereocenters. The summed E-state index contributed by atoms with van der Waals surface area (Å²) in [5.74, 6) is 2.57. The normalized spacial score (nSPS) is 11.1. The van der Waals surface area contributed by atoms with Gasteiger partial charge in [-0.05, 0) is 42.7 Å². The standard InChI is InChI=1S/C27H25N5O2S/c1-18-9-8-13-21-24(18)28-23(29-26(21)33)17-35-27-31-30-25(20-12-6-7-14-22(20)34-2)32(27)16-15-19-10-4-3-5-11-19/h3-14H,15-17H2,1-2H3,(H,28,29,33). The first kappa shape index (κ1) is 22.9. The average molecular weight is 484 g/mol. The molecule has 0 bridgehead atoms. The summed E-state index contributed by atoms with van der Waals surface area (Å²) >= 11 is 1.50. The van der Waals surface area contributed by atoms with Crippen molar-refractivity contribution in [2.75, 3.05) is 7.11 Å². The van der Waals surface area contributed by atoms with Crippen molar-refractivity contribution >= 4 is 22.7 Å². The van der Waals surface area contributed by atoms with E-state index in [1.165, 1.54) is 17.3 Å². The summed E-state index contributed by atoms with van der Waals surface area (Å²) in [6.07, 6.45) is 0.832. The second-order valence-corrected chi connectivity index (χ2v) is 9.11. The zero-order valence-corrected chi connectivity index (χ0v) is 20.4. The number of fused-ring (bicyclic) bond motifs is 1. The fourth-order valence-corrected chi connectivity index (χ4v) is 4.90. The molecule has 7 nitrogen and oxygen atoms in total. The molecule has 2 aromatic heterocycles. The van der Waals surface area contributed by atoms with Crippen LogP contribution in [0.4, 0.5) is 0 Å². The monoisotopic (exact) mass is 483 g/mol. The highest BCUT2D eigenvalue weighted by Crippen LogP contribution is 2.32. The maximum absolute atomic E-state index is 12.6. The van der Waals surface area contributed by atoms with Gasteiger partial charge < -0.3 is 14.3 Å². The van der Waals surface area contributed by atoms with Crippen molar-refractivity contribution in [2.45, 2.75) is 30.8 Å². The van der Waals surface area contributed by atoms with Gasteiger partial charge >= 0.3 is 0 Å². The van der Waals surface area contributed by atoms with Gasteiger partial charge in [0.05, 0.1) is 29.3 Å². The molecule has 0 saturated heterocycles. The van der Waals surface area contributed by atoms with E-state index in [0.29, 0.717) is 23.5 Å². The molecule has 176 valence electrons. The highest BCUT2D eigenvalue weighted by molar-refractivity contribution is 7.98. The molecule has 5 aromatic rings. The summed E-state index contributed by atoms with van der Waals surface area (Å²) in [6.45, 7) is 2.67. The minimum atomic E-state index is -0.130. The zero-order valence-electron chi connectivity index (χ0n) is 19.6. The van der Waals surface area contributed by atoms with Gasteiger partial charge in [-0.2, -0.15) is 0 Å². The number of ether oxygens (including phenoxy) is 1. The number of nitrogens with zero attached hydrogens (tertiary/aromatic N) is 4. The first-order chi connectivity index (χ1) is 17.1. The van der Waals surface area contributed by atoms with E-state index in [-0.39, 0.29) is 5.56 Å². The van der Waals surface area contributed by atoms with Crippen molar-refractivity contribution in [2.24, 2.45) is 0 Å². The van der Waals surface area contributed by atoms with Gasteiger partial charge in [0, 0.05) is 6.54 Å². The quantitative estimate of drug-likeness (QED) is 0.312. The SMILES string of the molecule is COc1ccccc1-c1nnc(SCc2nc3c(C)cccc3c(=O)[nH]2)n1CCc1ccccc1. The Bertz CT molecular complexity index is 1530. The lowest BCUT2D eigenvalue weighted by molar-refractivity contribution is 0.415. The van der Waals surface area contributed by atoms with Crippen LogP contribution in [0, 0.1) is 6.92 Å². The number of para-hydroxylation sites is 2. The van der Waals surface area contributed by atoms with Crippen LogP contribution in [0.15, 0.2) is 82.7 Å². The smallest absolute Gasteiger partial charge is 0.258 e. The van der Waals surface area contributed by atoms with Crippen LogP contribution in [0.25, 0.3) is 22.3 Å². The molecule has 35 heavy (non-hydrogen) atoms. The Kier molecular flexibility index (Phi) is 6.63. The van der Waals surface area contributed by atoms with Gasteiger partial charge in [0.15, 0.2) is 11.0 Å². The number of rotatable bonds is 8. The van der Waals surface area contributed by atoms with E-state index in [2.05, 4.69) is 31.9 Å². The Hall–Kier alpha value is -3.91. The third-order valence-corrected chi connectivity index (χ3v) is 6.83. The molecular weight excluding hydrogens is 458 g/mol. The molecular formula is C27H25N5O2S. The van der Waals surface area contributed by atoms with E-state index in [9.17, 15) is 4.79 Å². The van der Waals surface area contributed by atoms with Crippen molar-refractivity contribution in [3.05, 3.63) is 100 Å². The van der Waals surface area contributed by atoms with Gasteiger partial charge in [0.25, 0.3) is 5.56 Å². The summed E-state index contributed by atoms with van der Waals surface area (Å²) in [7, 11) is 1.66. The lowest BCUT2D eigenvalue weighted by Gasteiger charge is -2.12. The topological polar surface area (TPSA) is 85.7 Å². The fourth-order valence-electron chi connectivity index (χ4n) is 4.06. The second-order valence-electron chi connectivity index (χ2n) is 8.17. The minimum absolute atomic E-state index is 0.130. The Morgan fingerprint density at radius 3 is 2.60 bits per heavy atom. The molecule has 0 atom stereocenters. The third kappa shape index (κ3) is 4.83. The van der Waals surface area contributed by atoms with Crippen molar-refractivity contribution in [1.82, 2.24) is 24.7 Å². The highest BCUT2D eigenvalue weighted by Gasteiger charge is 2.18. The molecule has 0 radical (unpaired) electrons. The Morgan fingerprint density at radius 1 is 0.971 bits per heavy atom. The van der Waals surface area contributed by atoms with Crippen LogP contribution in [0.1, 0.15) is 17.0 Å². The van der Waals surface area contributed by atoms with E-state index in [4.69, 9.17) is 9.72 Å². The molecule has 0 aliphatic carbocycles. The van der Waals surface area contributed by atoms with Gasteiger partial charge in [0.1, 0.15) is 11.6 Å². The highest BCUT2D eigenvalue weighted by atomic mass is 32.2. The van der Waals surface area contributed by atoms with Gasteiger partial charge in [-0.3, -0.25) is 4.79 Å². The van der Waals surface area contributed by atoms with Crippen molar-refractivity contribution < 1.29 is 4.74 Å². The number of benzene rings is 3. The van der Waals surface area contributed by atoms with E-state index in [0.717, 1.165) is 39.8 Å². The van der Waals surface area contributed by atoms with Crippen LogP contribution < -0.4 is 10.3 Å². The number of H-pyrrole nitrogens is 1. The van der Waals surface area contributed by atoms with Crippen molar-refractivity contribution in [1.29, 1.82) is 0 Å². The third-order valence-electron chi connectivity index (χ3n) is 5.86. The van der Waals surface area contributed by atoms with Gasteiger partial charge in [-0.1, -0.05) is 66.4 Å². The Balaban J connectivity index is 1.47. The lowest BCUT2D eigenvalue weighted by atomic mass is 10.1. The minimum Gasteiger partial charge on any atom is -0.496 e. The van der Waals surface area contributed by atoms with Crippen molar-refractivity contribution in [3.63, 3.8) is 0 Å². The molecule has 2 heterocycles. The summed E-state index contributed by atoms with van der Waals surface area (Å²) < 4.78 is 7.69. The molecule has 1 N–H and O–H groups in total. The average Bonchev–Trinajstić information content (AvgIpc) is 3.30. The van der Waals surface area contributed by atoms with Gasteiger partial charge in [0.2, 0.25) is 0 Å². The first-order valence-corrected chi connectivity index (χ1v) is 12.3. The van der Waals surface area contributed by atoms with Crippen LogP contribution in [0.3, 0.4) is 0 Å². The Morgan fingerprint density at radius 2 is 1.77 bits per heavy atom. The molecule has 8 heteroatoms. The van der Waals surface area contributed by atoms with Crippen LogP contribution in [0.5, 0.6) is 5.75 Å². The maximum Gasteiger partial charge on any atom is 0.258 e. The number of nitrogens with one attached hydrogen (secondary N) is 1. The summed E-state index contributed by atoms with van der Waals surface area (Å²) in [6, 6.07) is 23.8. The molecule has 0 aliphatic heterocycles. The maximum atomic E-state index is 12.6. The van der Waals surface area contributed by atoms with Crippen LogP contribution >= 0.6 is 11.8 Å². The molecule has 0 spiro atoms. The number of thioether (sulfide) groups is 1. The summed E-state index contributed by atoms with van der Waals surface area (Å²) in [4.78, 5) is 20.2. The van der Waals surface area contributed by atoms with Crippen LogP contribution in [-0.4, -0.2) is 31.8 Å². The van der Waals surface area contributed by atoms with Crippen molar-refractivity contribution in [3.8, 4) is 17.1 Å². The number of aryl methyl sites for hydroxylation is 2. The van der Waals surface area contributed by atoms with Gasteiger partial charge in [-0.25, -0.2) is 4.98 Å². The molecule has 3 aromatic carbocycles. The predicted molar refractivity (Wildman–Crippen MR) is 139 cm³/mol. The molecule has 0 fully saturated rings. The number of aromatic nitrogens is 5. The summed E-state index contributed by atoms with van der Waals surface area (Å²) in [5.41, 5.74) is 3.69. The number of hydrogen-bond acceptors (Lipinski definition) is 6. The lowest BCUT2D eigenvalue weighted by Crippen LogP contribution is -2.12. The van der Waals surface area contributed by atoms with E-state index >= 15 is 0 Å². The fraction of sp³-hybridized carbons (Fsp3) is 0.185. The van der Waals surface area contributed by atoms with Crippen LogP contribution in [-0.2, 0) is 18.7 Å². The van der Waals surface area contributed by atoms with E-state index in [1.54, 1.807) is 13.2 Å². The molecule has 5 rings (SSSR count). The number of aromatic amines is 1. The number of methoxy groups -OCH3 is 1. The second kappa shape index (κ2) is 10.1. The van der Waals surface area contributed by atoms with Crippen LogP contribution in [0.2, 0.25) is 0 Å². The largest absolute Gasteiger partial charge is 0.496 e. The van der Waals surface area contributed by atoms with E-state index in [1.807, 2.05) is 61.5 Å². The molecule has 0 aliphatic rings. The summed E-state index contributed by atoms with van der Waals surface area (Å²) in [5, 5.41) is 10.4. The van der Waals surface area contributed by atoms with E-state index < -0.39 is 0 Å². The van der Waals surface area contributed by atoms with Gasteiger partial charge in [-0.15, -0.1) is 10.2 Å². The predicted octanol–water partition coefficient (Wildman–Crippen LogP) is 5.03. The number of hydrogen-bond donors (Lipinski definition) is 1. The molecule has 0 saturated carbocycles. The zero-order chi connectivity index (χ0) is 24.2.